The number of nitrogens with one attached hydrogen (secondary N) is 1. The van der Waals surface area contributed by atoms with E-state index in [1.807, 2.05) is 13.0 Å². The van der Waals surface area contributed by atoms with E-state index in [1.165, 1.54) is 0 Å². The number of piperidine rings is 1. The van der Waals surface area contributed by atoms with Gasteiger partial charge in [0.2, 0.25) is 0 Å². The number of hydrogen-bond acceptors (Lipinski definition) is 3. The van der Waals surface area contributed by atoms with Gasteiger partial charge in [-0.05, 0) is 63.9 Å². The minimum Gasteiger partial charge on any atom is -0.478 e. The summed E-state index contributed by atoms with van der Waals surface area (Å²) >= 11 is 6.03. The first kappa shape index (κ1) is 18.1. The molecular weight excluding hydrogens is 312 g/mol. The first-order valence-corrected chi connectivity index (χ1v) is 8.68. The SMILES string of the molecule is CCN1CCC(NC(=O)C(C)(C)Oc2ccc(Cl)c(C)c2)CC1. The predicted octanol–water partition coefficient (Wildman–Crippen LogP) is 3.41. The molecule has 0 spiro atoms. The van der Waals surface area contributed by atoms with E-state index in [4.69, 9.17) is 16.3 Å². The fourth-order valence-corrected chi connectivity index (χ4v) is 2.89. The Bertz CT molecular complexity index is 552. The first-order chi connectivity index (χ1) is 10.8. The van der Waals surface area contributed by atoms with E-state index in [-0.39, 0.29) is 11.9 Å². The monoisotopic (exact) mass is 338 g/mol. The van der Waals surface area contributed by atoms with E-state index in [2.05, 4.69) is 17.1 Å². The van der Waals surface area contributed by atoms with Crippen LogP contribution in [0.25, 0.3) is 0 Å². The molecule has 0 saturated carbocycles. The van der Waals surface area contributed by atoms with Crippen molar-refractivity contribution in [3.63, 3.8) is 0 Å². The number of halogens is 1. The van der Waals surface area contributed by atoms with Gasteiger partial charge in [0.15, 0.2) is 5.60 Å². The van der Waals surface area contributed by atoms with Crippen molar-refractivity contribution < 1.29 is 9.53 Å². The lowest BCUT2D eigenvalue weighted by atomic mass is 10.0. The number of carbonyl (C=O) groups excluding carboxylic acids is 1. The van der Waals surface area contributed by atoms with E-state index in [9.17, 15) is 4.79 Å². The molecule has 1 heterocycles. The summed E-state index contributed by atoms with van der Waals surface area (Å²) < 4.78 is 5.90. The smallest absolute Gasteiger partial charge is 0.263 e. The quantitative estimate of drug-likeness (QED) is 0.894. The molecule has 23 heavy (non-hydrogen) atoms. The summed E-state index contributed by atoms with van der Waals surface area (Å²) in [6.45, 7) is 10.8. The summed E-state index contributed by atoms with van der Waals surface area (Å²) in [6.07, 6.45) is 1.99. The molecule has 1 saturated heterocycles. The fraction of sp³-hybridized carbons (Fsp3) is 0.611. The summed E-state index contributed by atoms with van der Waals surface area (Å²) in [5, 5.41) is 3.83. The second-order valence-corrected chi connectivity index (χ2v) is 7.11. The highest BCUT2D eigenvalue weighted by atomic mass is 35.5. The molecule has 2 rings (SSSR count). The zero-order chi connectivity index (χ0) is 17.0. The molecule has 5 heteroatoms. The Morgan fingerprint density at radius 3 is 2.61 bits per heavy atom. The second kappa shape index (κ2) is 7.54. The van der Waals surface area contributed by atoms with Crippen LogP contribution in [0.1, 0.15) is 39.2 Å². The Morgan fingerprint density at radius 2 is 2.04 bits per heavy atom. The molecule has 1 aromatic rings. The normalized spacial score (nSPS) is 17.1. The standard InChI is InChI=1S/C18H27ClN2O2/c1-5-21-10-8-14(9-11-21)20-17(22)18(3,4)23-15-6-7-16(19)13(2)12-15/h6-7,12,14H,5,8-11H2,1-4H3,(H,20,22). The Kier molecular flexibility index (Phi) is 5.93. The fourth-order valence-electron chi connectivity index (χ4n) is 2.77. The minimum absolute atomic E-state index is 0.0694. The molecule has 0 atom stereocenters. The van der Waals surface area contributed by atoms with Crippen LogP contribution in [-0.4, -0.2) is 42.1 Å². The molecule has 0 aliphatic carbocycles. The maximum atomic E-state index is 12.6. The maximum Gasteiger partial charge on any atom is 0.263 e. The molecule has 0 bridgehead atoms. The highest BCUT2D eigenvalue weighted by Crippen LogP contribution is 2.25. The van der Waals surface area contributed by atoms with Crippen LogP contribution in [0.15, 0.2) is 18.2 Å². The van der Waals surface area contributed by atoms with E-state index < -0.39 is 5.60 Å². The number of rotatable bonds is 5. The van der Waals surface area contributed by atoms with Gasteiger partial charge < -0.3 is 15.0 Å². The van der Waals surface area contributed by atoms with Crippen molar-refractivity contribution in [3.8, 4) is 5.75 Å². The zero-order valence-corrected chi connectivity index (χ0v) is 15.2. The van der Waals surface area contributed by atoms with Crippen LogP contribution in [0.5, 0.6) is 5.75 Å². The van der Waals surface area contributed by atoms with Gasteiger partial charge in [-0.15, -0.1) is 0 Å². The lowest BCUT2D eigenvalue weighted by Crippen LogP contribution is -2.52. The minimum atomic E-state index is -0.915. The highest BCUT2D eigenvalue weighted by molar-refractivity contribution is 6.31. The van der Waals surface area contributed by atoms with Crippen LogP contribution >= 0.6 is 11.6 Å². The average Bonchev–Trinajstić information content (AvgIpc) is 2.51. The van der Waals surface area contributed by atoms with Gasteiger partial charge in [-0.1, -0.05) is 18.5 Å². The third-order valence-electron chi connectivity index (χ3n) is 4.42. The molecule has 1 N–H and O–H groups in total. The molecule has 0 radical (unpaired) electrons. The Hall–Kier alpha value is -1.26. The zero-order valence-electron chi connectivity index (χ0n) is 14.5. The van der Waals surface area contributed by atoms with Gasteiger partial charge in [0.1, 0.15) is 5.75 Å². The molecule has 1 aromatic carbocycles. The highest BCUT2D eigenvalue weighted by Gasteiger charge is 2.32. The van der Waals surface area contributed by atoms with Crippen molar-refractivity contribution in [2.45, 2.75) is 52.2 Å². The van der Waals surface area contributed by atoms with Crippen LogP contribution in [-0.2, 0) is 4.79 Å². The Labute approximate surface area is 144 Å². The summed E-state index contributed by atoms with van der Waals surface area (Å²) in [5.41, 5.74) is 0.0228. The maximum absolute atomic E-state index is 12.6. The van der Waals surface area contributed by atoms with Crippen molar-refractivity contribution in [1.82, 2.24) is 10.2 Å². The largest absolute Gasteiger partial charge is 0.478 e. The van der Waals surface area contributed by atoms with Crippen molar-refractivity contribution in [2.24, 2.45) is 0 Å². The van der Waals surface area contributed by atoms with E-state index in [0.29, 0.717) is 10.8 Å². The second-order valence-electron chi connectivity index (χ2n) is 6.71. The summed E-state index contributed by atoms with van der Waals surface area (Å²) in [7, 11) is 0. The summed E-state index contributed by atoms with van der Waals surface area (Å²) in [4.78, 5) is 15.0. The molecule has 0 unspecified atom stereocenters. The van der Waals surface area contributed by atoms with E-state index in [1.54, 1.807) is 26.0 Å². The van der Waals surface area contributed by atoms with Gasteiger partial charge in [-0.2, -0.15) is 0 Å². The number of ether oxygens (including phenoxy) is 1. The van der Waals surface area contributed by atoms with Crippen LogP contribution in [0.2, 0.25) is 5.02 Å². The van der Waals surface area contributed by atoms with Gasteiger partial charge in [0, 0.05) is 24.2 Å². The van der Waals surface area contributed by atoms with E-state index >= 15 is 0 Å². The number of hydrogen-bond donors (Lipinski definition) is 1. The van der Waals surface area contributed by atoms with Gasteiger partial charge in [-0.25, -0.2) is 0 Å². The number of benzene rings is 1. The molecule has 0 aromatic heterocycles. The lowest BCUT2D eigenvalue weighted by molar-refractivity contribution is -0.135. The van der Waals surface area contributed by atoms with Crippen molar-refractivity contribution in [2.75, 3.05) is 19.6 Å². The molecule has 1 aliphatic heterocycles. The van der Waals surface area contributed by atoms with Gasteiger partial charge in [-0.3, -0.25) is 4.79 Å². The van der Waals surface area contributed by atoms with Crippen LogP contribution < -0.4 is 10.1 Å². The molecule has 1 aliphatic rings. The van der Waals surface area contributed by atoms with Gasteiger partial charge in [0.25, 0.3) is 5.91 Å². The van der Waals surface area contributed by atoms with E-state index in [0.717, 1.165) is 38.0 Å². The van der Waals surface area contributed by atoms with Crippen molar-refractivity contribution in [3.05, 3.63) is 28.8 Å². The van der Waals surface area contributed by atoms with Crippen LogP contribution in [0.4, 0.5) is 0 Å². The molecule has 4 nitrogen and oxygen atoms in total. The number of amides is 1. The molecule has 128 valence electrons. The van der Waals surface area contributed by atoms with Crippen molar-refractivity contribution in [1.29, 1.82) is 0 Å². The average molecular weight is 339 g/mol. The van der Waals surface area contributed by atoms with Gasteiger partial charge >= 0.3 is 0 Å². The molecular formula is C18H27ClN2O2. The van der Waals surface area contributed by atoms with Crippen LogP contribution in [0.3, 0.4) is 0 Å². The number of likely N-dealkylation sites (tertiary alicyclic amines) is 1. The number of carbonyl (C=O) groups is 1. The number of aryl methyl sites for hydroxylation is 1. The van der Waals surface area contributed by atoms with Gasteiger partial charge in [0.05, 0.1) is 0 Å². The summed E-state index contributed by atoms with van der Waals surface area (Å²) in [6, 6.07) is 5.68. The summed E-state index contributed by atoms with van der Waals surface area (Å²) in [5.74, 6) is 0.591. The lowest BCUT2D eigenvalue weighted by Gasteiger charge is -2.34. The topological polar surface area (TPSA) is 41.6 Å². The third-order valence-corrected chi connectivity index (χ3v) is 4.84. The molecule has 1 fully saturated rings. The predicted molar refractivity (Wildman–Crippen MR) is 94.2 cm³/mol. The third kappa shape index (κ3) is 4.85. The Morgan fingerprint density at radius 1 is 1.39 bits per heavy atom. The first-order valence-electron chi connectivity index (χ1n) is 8.30. The van der Waals surface area contributed by atoms with Crippen LogP contribution in [0, 0.1) is 6.92 Å². The Balaban J connectivity index is 1.93. The van der Waals surface area contributed by atoms with Crippen molar-refractivity contribution >= 4 is 17.5 Å². The number of nitrogens with zero attached hydrogens (tertiary/aromatic N) is 1. The molecule has 1 amide bonds.